The first kappa shape index (κ1) is 9.52. The molecule has 70 valence electrons. The molecule has 0 aliphatic heterocycles. The zero-order valence-corrected chi connectivity index (χ0v) is 9.60. The zero-order valence-electron chi connectivity index (χ0n) is 7.44. The molecule has 0 fully saturated rings. The lowest BCUT2D eigenvalue weighted by Crippen LogP contribution is -1.82. The van der Waals surface area contributed by atoms with Gasteiger partial charge in [-0.1, -0.05) is 36.4 Å². The summed E-state index contributed by atoms with van der Waals surface area (Å²) >= 11 is 2.27. The van der Waals surface area contributed by atoms with Crippen LogP contribution in [0.1, 0.15) is 0 Å². The van der Waals surface area contributed by atoms with Gasteiger partial charge in [0.05, 0.1) is 0 Å². The number of benzene rings is 2. The Kier molecular flexibility index (Phi) is 2.72. The lowest BCUT2D eigenvalue weighted by Gasteiger charge is -2.05. The maximum atomic E-state index is 9.69. The van der Waals surface area contributed by atoms with Gasteiger partial charge in [-0.15, -0.1) is 0 Å². The summed E-state index contributed by atoms with van der Waals surface area (Å²) in [4.78, 5) is 0. The Morgan fingerprint density at radius 1 is 0.786 bits per heavy atom. The van der Waals surface area contributed by atoms with Crippen molar-refractivity contribution in [3.63, 3.8) is 0 Å². The number of hydrogen-bond donors (Lipinski definition) is 1. The molecule has 0 heterocycles. The number of halogens is 1. The van der Waals surface area contributed by atoms with Gasteiger partial charge in [-0.05, 0) is 40.3 Å². The average molecular weight is 296 g/mol. The van der Waals surface area contributed by atoms with Gasteiger partial charge in [0, 0.05) is 9.13 Å². The summed E-state index contributed by atoms with van der Waals surface area (Å²) in [6.07, 6.45) is 0. The van der Waals surface area contributed by atoms with E-state index in [1.165, 1.54) is 0 Å². The smallest absolute Gasteiger partial charge is 0.123 e. The van der Waals surface area contributed by atoms with Crippen LogP contribution in [-0.4, -0.2) is 5.11 Å². The summed E-state index contributed by atoms with van der Waals surface area (Å²) in [6, 6.07) is 15.4. The van der Waals surface area contributed by atoms with Crippen LogP contribution < -0.4 is 0 Å². The van der Waals surface area contributed by atoms with E-state index >= 15 is 0 Å². The van der Waals surface area contributed by atoms with Gasteiger partial charge < -0.3 is 5.11 Å². The van der Waals surface area contributed by atoms with Crippen molar-refractivity contribution in [1.82, 2.24) is 0 Å². The normalized spacial score (nSPS) is 10.1. The van der Waals surface area contributed by atoms with Crippen molar-refractivity contribution in [3.05, 3.63) is 52.1 Å². The van der Waals surface area contributed by atoms with Crippen LogP contribution in [0, 0.1) is 3.57 Å². The van der Waals surface area contributed by atoms with Crippen LogP contribution in [0.2, 0.25) is 0 Å². The Labute approximate surface area is 96.5 Å². The Balaban J connectivity index is 2.61. The van der Waals surface area contributed by atoms with E-state index < -0.39 is 0 Å². The fraction of sp³-hybridized carbons (Fsp3) is 0. The number of rotatable bonds is 1. The molecule has 0 saturated carbocycles. The fourth-order valence-corrected chi connectivity index (χ4v) is 2.06. The maximum absolute atomic E-state index is 9.69. The molecule has 1 N–H and O–H groups in total. The largest absolute Gasteiger partial charge is 0.507 e. The minimum Gasteiger partial charge on any atom is -0.507 e. The number of phenolic OH excluding ortho intramolecular Hbond substituents is 1. The van der Waals surface area contributed by atoms with E-state index in [-0.39, 0.29) is 0 Å². The van der Waals surface area contributed by atoms with E-state index in [0.29, 0.717) is 5.75 Å². The van der Waals surface area contributed by atoms with Crippen molar-refractivity contribution in [1.29, 1.82) is 0 Å². The van der Waals surface area contributed by atoms with Gasteiger partial charge in [-0.2, -0.15) is 0 Å². The summed E-state index contributed by atoms with van der Waals surface area (Å²) < 4.78 is 1.14. The second-order valence-corrected chi connectivity index (χ2v) is 4.16. The Hall–Kier alpha value is -1.03. The summed E-state index contributed by atoms with van der Waals surface area (Å²) in [7, 11) is 0. The van der Waals surface area contributed by atoms with E-state index in [4.69, 9.17) is 0 Å². The van der Waals surface area contributed by atoms with Crippen molar-refractivity contribution >= 4 is 22.6 Å². The molecule has 0 atom stereocenters. The highest BCUT2D eigenvalue weighted by atomic mass is 127. The van der Waals surface area contributed by atoms with Crippen LogP contribution in [0.4, 0.5) is 0 Å². The number of hydrogen-bond acceptors (Lipinski definition) is 1. The minimum atomic E-state index is 0.330. The third-order valence-electron chi connectivity index (χ3n) is 2.07. The van der Waals surface area contributed by atoms with Gasteiger partial charge in [0.25, 0.3) is 0 Å². The van der Waals surface area contributed by atoms with Crippen molar-refractivity contribution in [3.8, 4) is 16.9 Å². The van der Waals surface area contributed by atoms with Crippen LogP contribution >= 0.6 is 22.6 Å². The first-order valence-corrected chi connectivity index (χ1v) is 5.40. The second-order valence-electron chi connectivity index (χ2n) is 3.00. The molecule has 2 aromatic rings. The van der Waals surface area contributed by atoms with Crippen LogP contribution in [0.3, 0.4) is 0 Å². The fourth-order valence-electron chi connectivity index (χ4n) is 1.38. The molecule has 0 bridgehead atoms. The Morgan fingerprint density at radius 2 is 1.36 bits per heavy atom. The SMILES string of the molecule is Oc1ccccc1-c1ccccc1I. The third-order valence-corrected chi connectivity index (χ3v) is 3.01. The summed E-state index contributed by atoms with van der Waals surface area (Å²) in [5.74, 6) is 0.330. The summed E-state index contributed by atoms with van der Waals surface area (Å²) in [5, 5.41) is 9.69. The molecular formula is C12H9IO. The van der Waals surface area contributed by atoms with Gasteiger partial charge in [-0.25, -0.2) is 0 Å². The lowest BCUT2D eigenvalue weighted by molar-refractivity contribution is 0.477. The molecule has 0 aliphatic carbocycles. The number of para-hydroxylation sites is 1. The van der Waals surface area contributed by atoms with E-state index in [1.54, 1.807) is 6.07 Å². The first-order valence-electron chi connectivity index (χ1n) is 4.32. The van der Waals surface area contributed by atoms with Crippen molar-refractivity contribution in [2.45, 2.75) is 0 Å². The highest BCUT2D eigenvalue weighted by molar-refractivity contribution is 14.1. The van der Waals surface area contributed by atoms with Crippen LogP contribution in [0.25, 0.3) is 11.1 Å². The van der Waals surface area contributed by atoms with Gasteiger partial charge in [0.1, 0.15) is 5.75 Å². The molecule has 2 heteroatoms. The molecule has 0 unspecified atom stereocenters. The Bertz CT molecular complexity index is 408. The van der Waals surface area contributed by atoms with E-state index in [9.17, 15) is 5.11 Å². The predicted octanol–water partition coefficient (Wildman–Crippen LogP) is 3.66. The quantitative estimate of drug-likeness (QED) is 0.796. The van der Waals surface area contributed by atoms with E-state index in [1.807, 2.05) is 42.5 Å². The number of phenols is 1. The monoisotopic (exact) mass is 296 g/mol. The molecule has 0 amide bonds. The standard InChI is InChI=1S/C12H9IO/c13-11-7-3-1-5-9(11)10-6-2-4-8-12(10)14/h1-8,14H. The van der Waals surface area contributed by atoms with Crippen molar-refractivity contribution < 1.29 is 5.11 Å². The molecule has 2 rings (SSSR count). The topological polar surface area (TPSA) is 20.2 Å². The van der Waals surface area contributed by atoms with E-state index in [0.717, 1.165) is 14.7 Å². The van der Waals surface area contributed by atoms with E-state index in [2.05, 4.69) is 22.6 Å². The minimum absolute atomic E-state index is 0.330. The molecule has 14 heavy (non-hydrogen) atoms. The zero-order chi connectivity index (χ0) is 9.97. The molecule has 2 aromatic carbocycles. The molecule has 0 radical (unpaired) electrons. The van der Waals surface area contributed by atoms with Gasteiger partial charge in [0.2, 0.25) is 0 Å². The van der Waals surface area contributed by atoms with Crippen LogP contribution in [-0.2, 0) is 0 Å². The summed E-state index contributed by atoms with van der Waals surface area (Å²) in [6.45, 7) is 0. The van der Waals surface area contributed by atoms with Crippen molar-refractivity contribution in [2.75, 3.05) is 0 Å². The van der Waals surface area contributed by atoms with Crippen molar-refractivity contribution in [2.24, 2.45) is 0 Å². The highest BCUT2D eigenvalue weighted by Crippen LogP contribution is 2.31. The molecule has 0 aromatic heterocycles. The van der Waals surface area contributed by atoms with Gasteiger partial charge >= 0.3 is 0 Å². The average Bonchev–Trinajstić information content (AvgIpc) is 2.20. The van der Waals surface area contributed by atoms with Gasteiger partial charge in [0.15, 0.2) is 0 Å². The summed E-state index contributed by atoms with van der Waals surface area (Å²) in [5.41, 5.74) is 1.96. The molecule has 0 aliphatic rings. The predicted molar refractivity (Wildman–Crippen MR) is 66.3 cm³/mol. The molecule has 1 nitrogen and oxygen atoms in total. The second kappa shape index (κ2) is 4.00. The molecule has 0 spiro atoms. The lowest BCUT2D eigenvalue weighted by atomic mass is 10.1. The van der Waals surface area contributed by atoms with Gasteiger partial charge in [-0.3, -0.25) is 0 Å². The highest BCUT2D eigenvalue weighted by Gasteiger charge is 2.05. The van der Waals surface area contributed by atoms with Crippen LogP contribution in [0.15, 0.2) is 48.5 Å². The maximum Gasteiger partial charge on any atom is 0.123 e. The Morgan fingerprint density at radius 3 is 2.00 bits per heavy atom. The third kappa shape index (κ3) is 1.75. The first-order chi connectivity index (χ1) is 6.79. The molecular weight excluding hydrogens is 287 g/mol. The number of aromatic hydroxyl groups is 1. The molecule has 0 saturated heterocycles. The van der Waals surface area contributed by atoms with Crippen LogP contribution in [0.5, 0.6) is 5.75 Å².